The first kappa shape index (κ1) is 16.7. The molecule has 8 nitrogen and oxygen atoms in total. The fourth-order valence-electron chi connectivity index (χ4n) is 2.02. The van der Waals surface area contributed by atoms with Crippen LogP contribution in [0, 0.1) is 0 Å². The Kier molecular flexibility index (Phi) is 5.09. The van der Waals surface area contributed by atoms with Gasteiger partial charge >= 0.3 is 5.97 Å². The van der Waals surface area contributed by atoms with E-state index in [-0.39, 0.29) is 30.8 Å². The van der Waals surface area contributed by atoms with Crippen LogP contribution in [0.5, 0.6) is 0 Å². The summed E-state index contributed by atoms with van der Waals surface area (Å²) in [6, 6.07) is 6.18. The van der Waals surface area contributed by atoms with Crippen molar-refractivity contribution in [3.63, 3.8) is 0 Å². The quantitative estimate of drug-likeness (QED) is 0.487. The van der Waals surface area contributed by atoms with Crippen molar-refractivity contribution in [1.82, 2.24) is 10.4 Å². The molecule has 0 atom stereocenters. The van der Waals surface area contributed by atoms with Crippen LogP contribution in [0.25, 0.3) is 0 Å². The number of ketones is 1. The molecule has 0 bridgehead atoms. The Balaban J connectivity index is 1.78. The maximum atomic E-state index is 11.9. The van der Waals surface area contributed by atoms with E-state index in [1.54, 1.807) is 12.1 Å². The van der Waals surface area contributed by atoms with Crippen LogP contribution in [0.1, 0.15) is 15.9 Å². The van der Waals surface area contributed by atoms with Crippen molar-refractivity contribution < 1.29 is 29.4 Å². The number of hydrogen-bond donors (Lipinski definition) is 3. The number of hydrogen-bond acceptors (Lipinski definition) is 6. The smallest absolute Gasteiger partial charge is 0.335 e. The number of carboxylic acid groups (broad SMARTS) is 1. The number of Topliss-reactive ketones (excluding diaryl/α,β-unsaturated/α-hetero) is 1. The predicted molar refractivity (Wildman–Crippen MR) is 78.5 cm³/mol. The molecule has 0 radical (unpaired) electrons. The van der Waals surface area contributed by atoms with E-state index in [1.807, 2.05) is 0 Å². The van der Waals surface area contributed by atoms with Gasteiger partial charge in [0.15, 0.2) is 11.5 Å². The number of nitrogens with zero attached hydrogens (tertiary/aromatic N) is 1. The minimum atomic E-state index is -1.00. The normalized spacial score (nSPS) is 14.5. The van der Waals surface area contributed by atoms with Gasteiger partial charge < -0.3 is 15.1 Å². The van der Waals surface area contributed by atoms with Crippen LogP contribution in [0.4, 0.5) is 0 Å². The number of amides is 1. The Morgan fingerprint density at radius 3 is 2.48 bits per heavy atom. The Morgan fingerprint density at radius 1 is 1.30 bits per heavy atom. The fourth-order valence-corrected chi connectivity index (χ4v) is 2.02. The van der Waals surface area contributed by atoms with Crippen molar-refractivity contribution >= 4 is 17.7 Å². The molecule has 1 aromatic rings. The lowest BCUT2D eigenvalue weighted by atomic mass is 10.1. The predicted octanol–water partition coefficient (Wildman–Crippen LogP) is 0.259. The highest BCUT2D eigenvalue weighted by Crippen LogP contribution is 2.15. The van der Waals surface area contributed by atoms with E-state index in [9.17, 15) is 19.5 Å². The average Bonchev–Trinajstić information content (AvgIpc) is 2.79. The first-order chi connectivity index (χ1) is 10.9. The molecule has 0 saturated heterocycles. The number of hydroxylamine groups is 1. The number of rotatable bonds is 7. The van der Waals surface area contributed by atoms with Crippen LogP contribution in [0.3, 0.4) is 0 Å². The molecule has 122 valence electrons. The molecule has 1 amide bonds. The highest BCUT2D eigenvalue weighted by molar-refractivity contribution is 6.08. The molecule has 1 aliphatic rings. The summed E-state index contributed by atoms with van der Waals surface area (Å²) in [5.41, 5.74) is 3.56. The summed E-state index contributed by atoms with van der Waals surface area (Å²) >= 11 is 0. The monoisotopic (exact) mass is 320 g/mol. The van der Waals surface area contributed by atoms with Crippen molar-refractivity contribution in [3.05, 3.63) is 46.7 Å². The van der Waals surface area contributed by atoms with E-state index in [2.05, 4.69) is 5.48 Å². The molecule has 1 aliphatic heterocycles. The van der Waals surface area contributed by atoms with Crippen LogP contribution in [-0.4, -0.2) is 53.0 Å². The SMILES string of the molecule is CN1CC(C(=O)CONCc2ccc(C(=O)O)cc2)=C(O)C1=O. The Labute approximate surface area is 131 Å². The third-order valence-electron chi connectivity index (χ3n) is 3.35. The van der Waals surface area contributed by atoms with Gasteiger partial charge in [-0.05, 0) is 17.7 Å². The Bertz CT molecular complexity index is 665. The first-order valence-corrected chi connectivity index (χ1v) is 6.78. The molecular formula is C15H16N2O6. The highest BCUT2D eigenvalue weighted by atomic mass is 16.6. The molecule has 0 spiro atoms. The van der Waals surface area contributed by atoms with Gasteiger partial charge in [-0.3, -0.25) is 14.4 Å². The van der Waals surface area contributed by atoms with Crippen molar-refractivity contribution in [1.29, 1.82) is 0 Å². The molecule has 0 unspecified atom stereocenters. The molecule has 0 saturated carbocycles. The summed E-state index contributed by atoms with van der Waals surface area (Å²) in [5, 5.41) is 18.3. The zero-order chi connectivity index (χ0) is 17.0. The van der Waals surface area contributed by atoms with Gasteiger partial charge in [0.1, 0.15) is 6.61 Å². The molecule has 1 aromatic carbocycles. The Hall–Kier alpha value is -2.71. The summed E-state index contributed by atoms with van der Waals surface area (Å²) in [6.07, 6.45) is 0. The van der Waals surface area contributed by atoms with Gasteiger partial charge in [0, 0.05) is 13.6 Å². The standard InChI is InChI=1S/C15H16N2O6/c1-17-7-11(13(19)14(17)20)12(18)8-23-16-6-9-2-4-10(5-3-9)15(21)22/h2-5,16,19H,6-8H2,1H3,(H,21,22). The van der Waals surface area contributed by atoms with Gasteiger partial charge in [0.25, 0.3) is 5.91 Å². The number of carbonyl (C=O) groups is 3. The van der Waals surface area contributed by atoms with Crippen LogP contribution in [0.2, 0.25) is 0 Å². The summed E-state index contributed by atoms with van der Waals surface area (Å²) in [6.45, 7) is 0.00821. The van der Waals surface area contributed by atoms with Gasteiger partial charge in [-0.1, -0.05) is 12.1 Å². The molecule has 3 N–H and O–H groups in total. The van der Waals surface area contributed by atoms with E-state index in [4.69, 9.17) is 9.94 Å². The van der Waals surface area contributed by atoms with Crippen LogP contribution in [-0.2, 0) is 21.0 Å². The maximum Gasteiger partial charge on any atom is 0.335 e. The van der Waals surface area contributed by atoms with Crippen molar-refractivity contribution in [3.8, 4) is 0 Å². The van der Waals surface area contributed by atoms with E-state index >= 15 is 0 Å². The second-order valence-corrected chi connectivity index (χ2v) is 5.02. The lowest BCUT2D eigenvalue weighted by Gasteiger charge is -2.08. The van der Waals surface area contributed by atoms with Gasteiger partial charge in [-0.2, -0.15) is 5.48 Å². The van der Waals surface area contributed by atoms with Gasteiger partial charge in [0.05, 0.1) is 17.7 Å². The van der Waals surface area contributed by atoms with Crippen molar-refractivity contribution in [2.45, 2.75) is 6.54 Å². The minimum absolute atomic E-state index is 0.0325. The molecule has 0 aromatic heterocycles. The zero-order valence-corrected chi connectivity index (χ0v) is 12.4. The minimum Gasteiger partial charge on any atom is -0.503 e. The number of aliphatic hydroxyl groups is 1. The van der Waals surface area contributed by atoms with Gasteiger partial charge in [-0.15, -0.1) is 0 Å². The number of likely N-dealkylation sites (N-methyl/N-ethyl adjacent to an activating group) is 1. The second-order valence-electron chi connectivity index (χ2n) is 5.02. The molecule has 23 heavy (non-hydrogen) atoms. The van der Waals surface area contributed by atoms with Crippen molar-refractivity contribution in [2.75, 3.05) is 20.2 Å². The number of benzene rings is 1. The van der Waals surface area contributed by atoms with Crippen molar-refractivity contribution in [2.24, 2.45) is 0 Å². The molecule has 0 aliphatic carbocycles. The Morgan fingerprint density at radius 2 is 1.96 bits per heavy atom. The van der Waals surface area contributed by atoms with Gasteiger partial charge in [0.2, 0.25) is 0 Å². The number of carboxylic acids is 1. The lowest BCUT2D eigenvalue weighted by molar-refractivity contribution is -0.126. The molecule has 8 heteroatoms. The summed E-state index contributed by atoms with van der Waals surface area (Å²) in [7, 11) is 1.48. The van der Waals surface area contributed by atoms with Gasteiger partial charge in [-0.25, -0.2) is 4.79 Å². The van der Waals surface area contributed by atoms with E-state index in [0.717, 1.165) is 5.56 Å². The number of aromatic carboxylic acids is 1. The molecular weight excluding hydrogens is 304 g/mol. The average molecular weight is 320 g/mol. The maximum absolute atomic E-state index is 11.9. The third kappa shape index (κ3) is 3.93. The third-order valence-corrected chi connectivity index (χ3v) is 3.35. The second kappa shape index (κ2) is 7.03. The lowest BCUT2D eigenvalue weighted by Crippen LogP contribution is -2.24. The summed E-state index contributed by atoms with van der Waals surface area (Å²) in [5.74, 6) is -2.60. The number of nitrogens with one attached hydrogen (secondary N) is 1. The molecule has 0 fully saturated rings. The first-order valence-electron chi connectivity index (χ1n) is 6.78. The summed E-state index contributed by atoms with van der Waals surface area (Å²) < 4.78 is 0. The zero-order valence-electron chi connectivity index (χ0n) is 12.4. The van der Waals surface area contributed by atoms with E-state index < -0.39 is 23.4 Å². The van der Waals surface area contributed by atoms with Crippen LogP contribution >= 0.6 is 0 Å². The largest absolute Gasteiger partial charge is 0.503 e. The number of aliphatic hydroxyl groups excluding tert-OH is 1. The van der Waals surface area contributed by atoms with Crippen LogP contribution in [0.15, 0.2) is 35.6 Å². The number of carbonyl (C=O) groups excluding carboxylic acids is 2. The molecule has 2 rings (SSSR count). The topological polar surface area (TPSA) is 116 Å². The van der Waals surface area contributed by atoms with Crippen LogP contribution < -0.4 is 5.48 Å². The molecule has 1 heterocycles. The summed E-state index contributed by atoms with van der Waals surface area (Å²) in [4.78, 5) is 40.2. The van der Waals surface area contributed by atoms with E-state index in [0.29, 0.717) is 0 Å². The highest BCUT2D eigenvalue weighted by Gasteiger charge is 2.31. The fraction of sp³-hybridized carbons (Fsp3) is 0.267. The van der Waals surface area contributed by atoms with E-state index in [1.165, 1.54) is 24.1 Å².